The van der Waals surface area contributed by atoms with Gasteiger partial charge < -0.3 is 29.7 Å². The van der Waals surface area contributed by atoms with Gasteiger partial charge in [0.05, 0.1) is 26.0 Å². The van der Waals surface area contributed by atoms with E-state index in [0.717, 1.165) is 11.6 Å². The Bertz CT molecular complexity index is 1770. The summed E-state index contributed by atoms with van der Waals surface area (Å²) in [6.45, 7) is 1.14. The minimum absolute atomic E-state index is 0.0398. The Morgan fingerprint density at radius 3 is 2.67 bits per heavy atom. The van der Waals surface area contributed by atoms with Crippen molar-refractivity contribution in [2.75, 3.05) is 46.4 Å². The molecule has 2 N–H and O–H groups in total. The van der Waals surface area contributed by atoms with E-state index in [2.05, 4.69) is 15.4 Å². The van der Waals surface area contributed by atoms with Gasteiger partial charge in [0.25, 0.3) is 12.4 Å². The van der Waals surface area contributed by atoms with E-state index >= 15 is 0 Å². The standard InChI is InChI=1S/C32H32F2N6O5.CH2O2/c1-44-26-8-7-20-15-27(26)45-14-13-38(32(43)25-17-28-35-9-4-12-40(28)37-25)11-3-10-36-31(42)23-19-39(18-22(20)23)29(41)16-21-5-2-6-24(33)30(21)34;2-1-3/h2,4-9,12,15,17,22-23H,3,10-11,13-14,16,18-19H2,1H3,(H,36,42);1H,(H,2,3)/t22-,23+;/m1./s1. The van der Waals surface area contributed by atoms with Crippen molar-refractivity contribution in [2.24, 2.45) is 5.92 Å². The number of likely N-dealkylation sites (tertiary alicyclic amines) is 1. The first-order chi connectivity index (χ1) is 23.2. The Labute approximate surface area is 274 Å². The molecule has 0 unspecified atom stereocenters. The van der Waals surface area contributed by atoms with E-state index in [1.807, 2.05) is 6.07 Å². The molecule has 0 aliphatic carbocycles. The van der Waals surface area contributed by atoms with Crippen LogP contribution in [-0.4, -0.2) is 100 Å². The van der Waals surface area contributed by atoms with E-state index in [1.165, 1.54) is 28.7 Å². The van der Waals surface area contributed by atoms with Gasteiger partial charge in [-0.2, -0.15) is 5.10 Å². The molecule has 4 heterocycles. The molecule has 1 fully saturated rings. The number of carbonyl (C=O) groups is 4. The van der Waals surface area contributed by atoms with Crippen LogP contribution in [0.4, 0.5) is 8.78 Å². The van der Waals surface area contributed by atoms with Gasteiger partial charge >= 0.3 is 0 Å². The first-order valence-corrected chi connectivity index (χ1v) is 15.2. The monoisotopic (exact) mass is 664 g/mol. The maximum absolute atomic E-state index is 14.3. The molecule has 2 bridgehead atoms. The summed E-state index contributed by atoms with van der Waals surface area (Å²) in [5, 5.41) is 14.2. The van der Waals surface area contributed by atoms with E-state index in [1.54, 1.807) is 41.6 Å². The third-order valence-corrected chi connectivity index (χ3v) is 8.26. The number of rotatable bonds is 4. The maximum Gasteiger partial charge on any atom is 0.290 e. The van der Waals surface area contributed by atoms with Gasteiger partial charge in [0, 0.05) is 56.1 Å². The van der Waals surface area contributed by atoms with Crippen LogP contribution in [-0.2, 0) is 20.8 Å². The van der Waals surface area contributed by atoms with Crippen LogP contribution < -0.4 is 14.8 Å². The number of hydrogen-bond donors (Lipinski definition) is 2. The minimum atomic E-state index is -1.05. The van der Waals surface area contributed by atoms with Crippen LogP contribution in [0.15, 0.2) is 60.9 Å². The lowest BCUT2D eigenvalue weighted by molar-refractivity contribution is -0.130. The van der Waals surface area contributed by atoms with Gasteiger partial charge in [0.1, 0.15) is 6.61 Å². The topological polar surface area (TPSA) is 156 Å². The number of fused-ring (bicyclic) bond motifs is 5. The normalized spacial score (nSPS) is 18.0. The largest absolute Gasteiger partial charge is 0.493 e. The Kier molecular flexibility index (Phi) is 10.8. The average molecular weight is 665 g/mol. The minimum Gasteiger partial charge on any atom is -0.493 e. The van der Waals surface area contributed by atoms with Gasteiger partial charge in [-0.15, -0.1) is 0 Å². The molecule has 4 aromatic rings. The van der Waals surface area contributed by atoms with Crippen molar-refractivity contribution in [3.8, 4) is 11.5 Å². The van der Waals surface area contributed by atoms with Crippen molar-refractivity contribution in [3.63, 3.8) is 0 Å². The van der Waals surface area contributed by atoms with Gasteiger partial charge in [-0.1, -0.05) is 18.2 Å². The van der Waals surface area contributed by atoms with Crippen molar-refractivity contribution in [2.45, 2.75) is 18.8 Å². The van der Waals surface area contributed by atoms with Crippen LogP contribution in [0.3, 0.4) is 0 Å². The second-order valence-electron chi connectivity index (χ2n) is 11.2. The molecule has 252 valence electrons. The third kappa shape index (κ3) is 7.51. The number of carboxylic acid groups (broad SMARTS) is 1. The van der Waals surface area contributed by atoms with Crippen LogP contribution in [0.5, 0.6) is 11.5 Å². The Hall–Kier alpha value is -5.60. The number of amides is 3. The zero-order valence-corrected chi connectivity index (χ0v) is 26.1. The van der Waals surface area contributed by atoms with E-state index in [9.17, 15) is 23.2 Å². The summed E-state index contributed by atoms with van der Waals surface area (Å²) in [4.78, 5) is 56.0. The number of benzene rings is 2. The fourth-order valence-electron chi connectivity index (χ4n) is 5.90. The lowest BCUT2D eigenvalue weighted by Gasteiger charge is -2.24. The molecule has 2 atom stereocenters. The molecular formula is C33H34F2N6O7. The van der Waals surface area contributed by atoms with Gasteiger partial charge in [0.15, 0.2) is 34.5 Å². The van der Waals surface area contributed by atoms with Crippen molar-refractivity contribution < 1.29 is 42.5 Å². The Balaban J connectivity index is 0.00000145. The molecule has 0 spiro atoms. The molecule has 0 radical (unpaired) electrons. The zero-order valence-electron chi connectivity index (χ0n) is 26.1. The number of halogens is 2. The van der Waals surface area contributed by atoms with Crippen molar-refractivity contribution in [1.82, 2.24) is 29.7 Å². The molecule has 2 aliphatic heterocycles. The fourth-order valence-corrected chi connectivity index (χ4v) is 5.90. The SMILES string of the molecule is COc1ccc2cc1OCCN(C(=O)c1cc3ncccn3n1)CCCNC(=O)[C@H]1CN(C(=O)Cc3cccc(F)c3F)C[C@H]21.O=CO. The molecule has 2 aromatic carbocycles. The van der Waals surface area contributed by atoms with E-state index in [-0.39, 0.29) is 68.1 Å². The highest BCUT2D eigenvalue weighted by Gasteiger charge is 2.41. The fraction of sp³-hybridized carbons (Fsp3) is 0.333. The highest BCUT2D eigenvalue weighted by atomic mass is 19.2. The van der Waals surface area contributed by atoms with Gasteiger partial charge in [-0.05, 0) is 36.2 Å². The molecule has 1 saturated heterocycles. The lowest BCUT2D eigenvalue weighted by atomic mass is 9.88. The molecule has 48 heavy (non-hydrogen) atoms. The highest BCUT2D eigenvalue weighted by molar-refractivity contribution is 5.93. The summed E-state index contributed by atoms with van der Waals surface area (Å²) in [5.74, 6) is -3.07. The number of carbonyl (C=O) groups excluding carboxylic acids is 3. The van der Waals surface area contributed by atoms with Crippen molar-refractivity contribution in [3.05, 3.63) is 89.4 Å². The predicted octanol–water partition coefficient (Wildman–Crippen LogP) is 2.54. The van der Waals surface area contributed by atoms with Crippen LogP contribution >= 0.6 is 0 Å². The first-order valence-electron chi connectivity index (χ1n) is 15.2. The van der Waals surface area contributed by atoms with Crippen molar-refractivity contribution in [1.29, 1.82) is 0 Å². The number of aromatic nitrogens is 3. The lowest BCUT2D eigenvalue weighted by Crippen LogP contribution is -2.39. The molecule has 3 amide bonds. The second kappa shape index (κ2) is 15.3. The van der Waals surface area contributed by atoms with E-state index in [0.29, 0.717) is 36.7 Å². The Morgan fingerprint density at radius 1 is 1.10 bits per heavy atom. The predicted molar refractivity (Wildman–Crippen MR) is 167 cm³/mol. The van der Waals surface area contributed by atoms with Crippen LogP contribution in [0.25, 0.3) is 5.65 Å². The summed E-state index contributed by atoms with van der Waals surface area (Å²) >= 11 is 0. The molecule has 2 aliphatic rings. The number of ether oxygens (including phenoxy) is 2. The van der Waals surface area contributed by atoms with Crippen LogP contribution in [0.2, 0.25) is 0 Å². The van der Waals surface area contributed by atoms with Gasteiger partial charge in [0.2, 0.25) is 11.8 Å². The summed E-state index contributed by atoms with van der Waals surface area (Å²) in [7, 11) is 1.52. The highest BCUT2D eigenvalue weighted by Crippen LogP contribution is 2.38. The third-order valence-electron chi connectivity index (χ3n) is 8.26. The van der Waals surface area contributed by atoms with Gasteiger partial charge in [-0.3, -0.25) is 19.2 Å². The summed E-state index contributed by atoms with van der Waals surface area (Å²) in [6.07, 6.45) is 3.48. The average Bonchev–Trinajstić information content (AvgIpc) is 3.73. The molecule has 6 rings (SSSR count). The summed E-state index contributed by atoms with van der Waals surface area (Å²) < 4.78 is 41.3. The van der Waals surface area contributed by atoms with Crippen molar-refractivity contribution >= 4 is 29.8 Å². The molecular weight excluding hydrogens is 630 g/mol. The quantitative estimate of drug-likeness (QED) is 0.313. The van der Waals surface area contributed by atoms with Crippen LogP contribution in [0.1, 0.15) is 34.0 Å². The van der Waals surface area contributed by atoms with Gasteiger partial charge in [-0.25, -0.2) is 18.3 Å². The number of nitrogens with zero attached hydrogens (tertiary/aromatic N) is 5. The maximum atomic E-state index is 14.3. The summed E-state index contributed by atoms with van der Waals surface area (Å²) in [6, 6.07) is 12.4. The summed E-state index contributed by atoms with van der Waals surface area (Å²) in [5.41, 5.74) is 1.52. The first kappa shape index (κ1) is 33.8. The molecule has 2 aromatic heterocycles. The Morgan fingerprint density at radius 2 is 1.90 bits per heavy atom. The smallest absolute Gasteiger partial charge is 0.290 e. The number of nitrogens with one attached hydrogen (secondary N) is 1. The van der Waals surface area contributed by atoms with E-state index < -0.39 is 23.5 Å². The van der Waals surface area contributed by atoms with Crippen LogP contribution in [0, 0.1) is 17.6 Å². The molecule has 13 nitrogen and oxygen atoms in total. The molecule has 15 heteroatoms. The number of methoxy groups -OCH3 is 1. The van der Waals surface area contributed by atoms with E-state index in [4.69, 9.17) is 19.4 Å². The number of hydrogen-bond acceptors (Lipinski definition) is 8. The zero-order chi connectivity index (χ0) is 34.2. The molecule has 0 saturated carbocycles. The second-order valence-corrected chi connectivity index (χ2v) is 11.2.